The summed E-state index contributed by atoms with van der Waals surface area (Å²) < 4.78 is 28.3. The molecule has 108 valence electrons. The number of rotatable bonds is 5. The van der Waals surface area contributed by atoms with E-state index in [2.05, 4.69) is 9.82 Å². The lowest BCUT2D eigenvalue weighted by atomic mass is 10.1. The topological polar surface area (TPSA) is 84.2 Å². The van der Waals surface area contributed by atoms with E-state index < -0.39 is 16.1 Å². The molecule has 0 aliphatic rings. The Morgan fingerprint density at radius 3 is 2.50 bits per heavy atom. The third kappa shape index (κ3) is 3.44. The van der Waals surface area contributed by atoms with Crippen LogP contribution in [0.5, 0.6) is 0 Å². The molecule has 0 saturated carbocycles. The monoisotopic (exact) mass is 295 g/mol. The third-order valence-electron chi connectivity index (χ3n) is 2.90. The van der Waals surface area contributed by atoms with E-state index in [1.165, 1.54) is 12.1 Å². The van der Waals surface area contributed by atoms with Crippen molar-refractivity contribution in [3.05, 3.63) is 47.8 Å². The minimum atomic E-state index is -3.56. The number of aryl methyl sites for hydroxylation is 1. The largest absolute Gasteiger partial charge is 0.389 e. The Balaban J connectivity index is 2.09. The van der Waals surface area contributed by atoms with Gasteiger partial charge in [0, 0.05) is 25.4 Å². The molecule has 20 heavy (non-hydrogen) atoms. The second kappa shape index (κ2) is 5.74. The summed E-state index contributed by atoms with van der Waals surface area (Å²) in [5.41, 5.74) is 1.47. The molecular weight excluding hydrogens is 278 g/mol. The van der Waals surface area contributed by atoms with E-state index in [1.54, 1.807) is 43.2 Å². The van der Waals surface area contributed by atoms with Crippen LogP contribution in [0.2, 0.25) is 0 Å². The van der Waals surface area contributed by atoms with Crippen molar-refractivity contribution in [3.63, 3.8) is 0 Å². The van der Waals surface area contributed by atoms with Crippen molar-refractivity contribution in [2.75, 3.05) is 0 Å². The first-order chi connectivity index (χ1) is 9.38. The molecule has 1 aromatic heterocycles. The molecular formula is C13H17N3O3S. The van der Waals surface area contributed by atoms with Crippen LogP contribution in [0, 0.1) is 0 Å². The molecule has 1 atom stereocenters. The van der Waals surface area contributed by atoms with Crippen LogP contribution < -0.4 is 4.72 Å². The van der Waals surface area contributed by atoms with Gasteiger partial charge in [0.2, 0.25) is 10.0 Å². The van der Waals surface area contributed by atoms with Gasteiger partial charge in [0.25, 0.3) is 0 Å². The summed E-state index contributed by atoms with van der Waals surface area (Å²) in [5, 5.41) is 13.4. The van der Waals surface area contributed by atoms with Gasteiger partial charge in [-0.3, -0.25) is 4.68 Å². The third-order valence-corrected chi connectivity index (χ3v) is 4.31. The van der Waals surface area contributed by atoms with Crippen LogP contribution in [0.4, 0.5) is 0 Å². The lowest BCUT2D eigenvalue weighted by Crippen LogP contribution is -2.23. The number of aliphatic hydroxyl groups is 1. The fourth-order valence-corrected chi connectivity index (χ4v) is 2.77. The van der Waals surface area contributed by atoms with E-state index in [-0.39, 0.29) is 11.4 Å². The molecule has 0 fully saturated rings. The minimum Gasteiger partial charge on any atom is -0.389 e. The molecule has 0 aliphatic heterocycles. The van der Waals surface area contributed by atoms with Crippen LogP contribution in [0.3, 0.4) is 0 Å². The molecule has 0 saturated heterocycles. The van der Waals surface area contributed by atoms with Crippen molar-refractivity contribution in [3.8, 4) is 0 Å². The maximum Gasteiger partial charge on any atom is 0.240 e. The second-order valence-electron chi connectivity index (χ2n) is 4.59. The van der Waals surface area contributed by atoms with Crippen molar-refractivity contribution in [1.82, 2.24) is 14.5 Å². The summed E-state index contributed by atoms with van der Waals surface area (Å²) in [6.45, 7) is 1.82. The van der Waals surface area contributed by atoms with Crippen LogP contribution in [0.25, 0.3) is 0 Å². The number of hydrogen-bond donors (Lipinski definition) is 2. The SMILES string of the molecule is CC(O)c1ccc(S(=O)(=O)NCc2cnn(C)c2)cc1. The molecule has 7 heteroatoms. The molecule has 0 bridgehead atoms. The molecule has 6 nitrogen and oxygen atoms in total. The zero-order valence-electron chi connectivity index (χ0n) is 11.3. The molecule has 0 aliphatic carbocycles. The predicted octanol–water partition coefficient (Wildman–Crippen LogP) is 0.952. The van der Waals surface area contributed by atoms with Crippen molar-refractivity contribution in [1.29, 1.82) is 0 Å². The summed E-state index contributed by atoms with van der Waals surface area (Å²) in [6.07, 6.45) is 2.74. The molecule has 1 heterocycles. The van der Waals surface area contributed by atoms with E-state index in [1.807, 2.05) is 0 Å². The normalized spacial score (nSPS) is 13.3. The van der Waals surface area contributed by atoms with Crippen LogP contribution in [-0.2, 0) is 23.6 Å². The van der Waals surface area contributed by atoms with Gasteiger partial charge in [-0.25, -0.2) is 13.1 Å². The van der Waals surface area contributed by atoms with Gasteiger partial charge in [-0.15, -0.1) is 0 Å². The van der Waals surface area contributed by atoms with Gasteiger partial charge in [0.1, 0.15) is 0 Å². The number of hydrogen-bond acceptors (Lipinski definition) is 4. The highest BCUT2D eigenvalue weighted by molar-refractivity contribution is 7.89. The van der Waals surface area contributed by atoms with E-state index in [0.29, 0.717) is 5.56 Å². The average molecular weight is 295 g/mol. The Morgan fingerprint density at radius 2 is 2.00 bits per heavy atom. The number of benzene rings is 1. The first-order valence-corrected chi connectivity index (χ1v) is 7.62. The Morgan fingerprint density at radius 1 is 1.35 bits per heavy atom. The molecule has 0 spiro atoms. The van der Waals surface area contributed by atoms with E-state index in [0.717, 1.165) is 5.56 Å². The van der Waals surface area contributed by atoms with Gasteiger partial charge in [-0.1, -0.05) is 12.1 Å². The number of aliphatic hydroxyl groups excluding tert-OH is 1. The molecule has 1 unspecified atom stereocenters. The van der Waals surface area contributed by atoms with Gasteiger partial charge in [-0.05, 0) is 24.6 Å². The smallest absolute Gasteiger partial charge is 0.240 e. The fraction of sp³-hybridized carbons (Fsp3) is 0.308. The molecule has 2 aromatic rings. The summed E-state index contributed by atoms with van der Waals surface area (Å²) >= 11 is 0. The van der Waals surface area contributed by atoms with E-state index in [9.17, 15) is 13.5 Å². The Labute approximate surface area is 118 Å². The highest BCUT2D eigenvalue weighted by Crippen LogP contribution is 2.16. The number of sulfonamides is 1. The number of nitrogens with zero attached hydrogens (tertiary/aromatic N) is 2. The van der Waals surface area contributed by atoms with Crippen molar-refractivity contribution in [2.24, 2.45) is 7.05 Å². The predicted molar refractivity (Wildman–Crippen MR) is 74.3 cm³/mol. The summed E-state index contributed by atoms with van der Waals surface area (Å²) in [5.74, 6) is 0. The summed E-state index contributed by atoms with van der Waals surface area (Å²) in [4.78, 5) is 0.172. The van der Waals surface area contributed by atoms with Crippen LogP contribution in [0.1, 0.15) is 24.2 Å². The van der Waals surface area contributed by atoms with Gasteiger partial charge < -0.3 is 5.11 Å². The zero-order chi connectivity index (χ0) is 14.8. The minimum absolute atomic E-state index is 0.172. The van der Waals surface area contributed by atoms with Crippen LogP contribution >= 0.6 is 0 Å². The van der Waals surface area contributed by atoms with E-state index >= 15 is 0 Å². The maximum atomic E-state index is 12.1. The first-order valence-electron chi connectivity index (χ1n) is 6.14. The summed E-state index contributed by atoms with van der Waals surface area (Å²) in [7, 11) is -1.79. The Hall–Kier alpha value is -1.70. The van der Waals surface area contributed by atoms with Gasteiger partial charge in [-0.2, -0.15) is 5.10 Å². The fourth-order valence-electron chi connectivity index (χ4n) is 1.75. The highest BCUT2D eigenvalue weighted by Gasteiger charge is 2.14. The zero-order valence-corrected chi connectivity index (χ0v) is 12.1. The van der Waals surface area contributed by atoms with Crippen LogP contribution in [-0.4, -0.2) is 23.3 Å². The van der Waals surface area contributed by atoms with E-state index in [4.69, 9.17) is 0 Å². The van der Waals surface area contributed by atoms with Crippen molar-refractivity contribution >= 4 is 10.0 Å². The molecule has 0 radical (unpaired) electrons. The number of aromatic nitrogens is 2. The van der Waals surface area contributed by atoms with Gasteiger partial charge in [0.05, 0.1) is 17.2 Å². The quantitative estimate of drug-likeness (QED) is 0.860. The second-order valence-corrected chi connectivity index (χ2v) is 6.36. The van der Waals surface area contributed by atoms with Crippen LogP contribution in [0.15, 0.2) is 41.6 Å². The molecule has 2 rings (SSSR count). The molecule has 2 N–H and O–H groups in total. The molecule has 0 amide bonds. The standard InChI is InChI=1S/C13H17N3O3S/c1-10(17)12-3-5-13(6-4-12)20(18,19)15-8-11-7-14-16(2)9-11/h3-7,9-10,15,17H,8H2,1-2H3. The first kappa shape index (κ1) is 14.7. The maximum absolute atomic E-state index is 12.1. The van der Waals surface area contributed by atoms with Gasteiger partial charge >= 0.3 is 0 Å². The lowest BCUT2D eigenvalue weighted by Gasteiger charge is -2.08. The Bertz CT molecular complexity index is 675. The molecule has 1 aromatic carbocycles. The van der Waals surface area contributed by atoms with Crippen molar-refractivity contribution < 1.29 is 13.5 Å². The van der Waals surface area contributed by atoms with Crippen molar-refractivity contribution in [2.45, 2.75) is 24.5 Å². The highest BCUT2D eigenvalue weighted by atomic mass is 32.2. The number of nitrogens with one attached hydrogen (secondary N) is 1. The summed E-state index contributed by atoms with van der Waals surface area (Å²) in [6, 6.07) is 6.16. The average Bonchev–Trinajstić information content (AvgIpc) is 2.82. The lowest BCUT2D eigenvalue weighted by molar-refractivity contribution is 0.199. The van der Waals surface area contributed by atoms with Gasteiger partial charge in [0.15, 0.2) is 0 Å². The Kier molecular flexibility index (Phi) is 4.22.